The van der Waals surface area contributed by atoms with Crippen LogP contribution in [-0.2, 0) is 25.8 Å². The average molecular weight is 591 g/mol. The van der Waals surface area contributed by atoms with Gasteiger partial charge in [0.05, 0.1) is 23.9 Å². The number of hydrogen-bond acceptors (Lipinski definition) is 7. The highest BCUT2D eigenvalue weighted by Crippen LogP contribution is 2.23. The van der Waals surface area contributed by atoms with Gasteiger partial charge in [-0.2, -0.15) is 0 Å². The smallest absolute Gasteiger partial charge is 0.243 e. The van der Waals surface area contributed by atoms with E-state index in [-0.39, 0.29) is 17.1 Å². The maximum absolute atomic E-state index is 13.6. The van der Waals surface area contributed by atoms with Gasteiger partial charge in [-0.1, -0.05) is 30.3 Å². The summed E-state index contributed by atoms with van der Waals surface area (Å²) in [6, 6.07) is 17.6. The monoisotopic (exact) mass is 590 g/mol. The van der Waals surface area contributed by atoms with Crippen LogP contribution in [0.1, 0.15) is 24.8 Å². The molecule has 222 valence electrons. The summed E-state index contributed by atoms with van der Waals surface area (Å²) in [4.78, 5) is 13.5. The van der Waals surface area contributed by atoms with Crippen molar-refractivity contribution >= 4 is 15.7 Å². The third-order valence-electron chi connectivity index (χ3n) is 6.52. The lowest BCUT2D eigenvalue weighted by molar-refractivity contribution is -0.129. The predicted molar refractivity (Wildman–Crippen MR) is 152 cm³/mol. The number of hydroxylamine groups is 1. The van der Waals surface area contributed by atoms with Gasteiger partial charge in [-0.15, -0.1) is 0 Å². The van der Waals surface area contributed by atoms with Crippen LogP contribution in [0.25, 0.3) is 11.1 Å². The Morgan fingerprint density at radius 2 is 1.63 bits per heavy atom. The number of hydrogen-bond donors (Lipinski definition) is 2. The van der Waals surface area contributed by atoms with Crippen LogP contribution >= 0.6 is 0 Å². The maximum Gasteiger partial charge on any atom is 0.243 e. The number of nitrogens with one attached hydrogen (secondary N) is 1. The molecule has 0 aliphatic heterocycles. The summed E-state index contributed by atoms with van der Waals surface area (Å²) in [5, 5.41) is 8.62. The van der Waals surface area contributed by atoms with E-state index in [1.165, 1.54) is 24.3 Å². The Kier molecular flexibility index (Phi) is 12.7. The molecule has 3 rings (SSSR count). The van der Waals surface area contributed by atoms with Gasteiger partial charge >= 0.3 is 0 Å². The zero-order chi connectivity index (χ0) is 29.7. The van der Waals surface area contributed by atoms with E-state index in [4.69, 9.17) is 14.7 Å². The molecule has 0 heterocycles. The lowest BCUT2D eigenvalue weighted by atomic mass is 10.0. The van der Waals surface area contributed by atoms with Crippen LogP contribution in [-0.4, -0.2) is 70.1 Å². The highest BCUT2D eigenvalue weighted by atomic mass is 32.2. The van der Waals surface area contributed by atoms with Gasteiger partial charge in [-0.05, 0) is 79.0 Å². The number of amides is 1. The number of carbonyl (C=O) groups is 1. The fourth-order valence-corrected chi connectivity index (χ4v) is 5.58. The van der Waals surface area contributed by atoms with E-state index < -0.39 is 27.4 Å². The summed E-state index contributed by atoms with van der Waals surface area (Å²) in [6.45, 7) is 2.56. The van der Waals surface area contributed by atoms with Gasteiger partial charge in [0.2, 0.25) is 5.91 Å². The van der Waals surface area contributed by atoms with E-state index in [0.717, 1.165) is 17.2 Å². The number of methoxy groups -OCH3 is 1. The minimum absolute atomic E-state index is 0.0257. The van der Waals surface area contributed by atoms with Crippen molar-refractivity contribution in [2.45, 2.75) is 30.6 Å². The molecule has 0 spiro atoms. The van der Waals surface area contributed by atoms with Crippen molar-refractivity contribution in [2.75, 3.05) is 45.7 Å². The first kappa shape index (κ1) is 32.1. The van der Waals surface area contributed by atoms with Gasteiger partial charge in [-0.3, -0.25) is 10.0 Å². The second kappa shape index (κ2) is 16.2. The van der Waals surface area contributed by atoms with Crippen LogP contribution in [0.2, 0.25) is 0 Å². The Hall–Kier alpha value is -3.38. The van der Waals surface area contributed by atoms with Crippen molar-refractivity contribution in [1.29, 1.82) is 0 Å². The van der Waals surface area contributed by atoms with Crippen LogP contribution in [0.4, 0.5) is 8.78 Å². The van der Waals surface area contributed by atoms with Crippen molar-refractivity contribution in [3.8, 4) is 16.9 Å². The van der Waals surface area contributed by atoms with Crippen molar-refractivity contribution in [3.05, 3.63) is 83.9 Å². The Morgan fingerprint density at radius 3 is 2.34 bits per heavy atom. The molecule has 41 heavy (non-hydrogen) atoms. The molecule has 3 aromatic carbocycles. The molecule has 0 bridgehead atoms. The molecular weight excluding hydrogens is 554 g/mol. The summed E-state index contributed by atoms with van der Waals surface area (Å²) < 4.78 is 63.5. The first-order chi connectivity index (χ1) is 19.7. The molecule has 3 aromatic rings. The second-order valence-corrected chi connectivity index (χ2v) is 11.7. The minimum atomic E-state index is -3.49. The number of benzene rings is 3. The van der Waals surface area contributed by atoms with Crippen LogP contribution in [0.5, 0.6) is 5.75 Å². The SMILES string of the molecule is COCCN(CCCC(=O)NO)CCCS(=O)(=O)c1ccc(OCCc2cccc(-c3ccc(F)c(F)c3)c2)cc1. The Labute approximate surface area is 239 Å². The van der Waals surface area contributed by atoms with E-state index in [2.05, 4.69) is 0 Å². The highest BCUT2D eigenvalue weighted by Gasteiger charge is 2.16. The molecule has 0 unspecified atom stereocenters. The molecule has 8 nitrogen and oxygen atoms in total. The van der Waals surface area contributed by atoms with Gasteiger partial charge in [0.1, 0.15) is 5.75 Å². The molecule has 0 saturated heterocycles. The fourth-order valence-electron chi connectivity index (χ4n) is 4.28. The predicted octanol–water partition coefficient (Wildman–Crippen LogP) is 4.65. The number of ether oxygens (including phenoxy) is 2. The van der Waals surface area contributed by atoms with Crippen LogP contribution in [0.15, 0.2) is 71.6 Å². The zero-order valence-corrected chi connectivity index (χ0v) is 23.8. The largest absolute Gasteiger partial charge is 0.493 e. The Bertz CT molecular complexity index is 1370. The molecule has 0 aliphatic rings. The van der Waals surface area contributed by atoms with Crippen LogP contribution in [0, 0.1) is 11.6 Å². The van der Waals surface area contributed by atoms with Gasteiger partial charge in [0.15, 0.2) is 21.5 Å². The molecule has 0 radical (unpaired) electrons. The van der Waals surface area contributed by atoms with Gasteiger partial charge < -0.3 is 14.4 Å². The lowest BCUT2D eigenvalue weighted by Gasteiger charge is -2.21. The summed E-state index contributed by atoms with van der Waals surface area (Å²) in [7, 11) is -1.90. The molecule has 11 heteroatoms. The topological polar surface area (TPSA) is 105 Å². The van der Waals surface area contributed by atoms with Crippen molar-refractivity contribution < 1.29 is 36.7 Å². The number of carbonyl (C=O) groups excluding carboxylic acids is 1. The molecular formula is C30H36F2N2O6S. The molecule has 0 aromatic heterocycles. The normalized spacial score (nSPS) is 11.5. The first-order valence-corrected chi connectivity index (χ1v) is 15.0. The summed E-state index contributed by atoms with van der Waals surface area (Å²) in [5.74, 6) is -1.73. The minimum Gasteiger partial charge on any atom is -0.493 e. The van der Waals surface area contributed by atoms with Gasteiger partial charge in [0.25, 0.3) is 0 Å². The number of rotatable bonds is 17. The van der Waals surface area contributed by atoms with Gasteiger partial charge in [-0.25, -0.2) is 22.7 Å². The number of halogens is 2. The standard InChI is InChI=1S/C30H36F2N2O6S/c1-39-19-17-34(15-3-7-30(35)33-36)16-4-20-41(37,38)27-11-9-26(10-12-27)40-18-14-23-5-2-6-24(21-23)25-8-13-28(31)29(32)22-25/h2,5-6,8-13,21-22,36H,3-4,7,14-20H2,1H3,(H,33,35). The van der Waals surface area contributed by atoms with E-state index in [1.807, 2.05) is 29.2 Å². The molecule has 2 N–H and O–H groups in total. The molecule has 0 fully saturated rings. The highest BCUT2D eigenvalue weighted by molar-refractivity contribution is 7.91. The third kappa shape index (κ3) is 10.5. The summed E-state index contributed by atoms with van der Waals surface area (Å²) in [5.41, 5.74) is 3.92. The summed E-state index contributed by atoms with van der Waals surface area (Å²) in [6.07, 6.45) is 1.70. The first-order valence-electron chi connectivity index (χ1n) is 13.4. The summed E-state index contributed by atoms with van der Waals surface area (Å²) >= 11 is 0. The number of sulfone groups is 1. The molecule has 0 atom stereocenters. The van der Waals surface area contributed by atoms with E-state index in [1.54, 1.807) is 24.7 Å². The van der Waals surface area contributed by atoms with Crippen LogP contribution in [0.3, 0.4) is 0 Å². The van der Waals surface area contributed by atoms with Crippen LogP contribution < -0.4 is 10.2 Å². The quantitative estimate of drug-likeness (QED) is 0.174. The fraction of sp³-hybridized carbons (Fsp3) is 0.367. The van der Waals surface area contributed by atoms with E-state index >= 15 is 0 Å². The molecule has 0 saturated carbocycles. The van der Waals surface area contributed by atoms with E-state index in [0.29, 0.717) is 63.4 Å². The molecule has 0 aliphatic carbocycles. The van der Waals surface area contributed by atoms with Crippen molar-refractivity contribution in [1.82, 2.24) is 10.4 Å². The number of nitrogens with zero attached hydrogens (tertiary/aromatic N) is 1. The van der Waals surface area contributed by atoms with Gasteiger partial charge in [0, 0.05) is 26.5 Å². The van der Waals surface area contributed by atoms with Crippen molar-refractivity contribution in [3.63, 3.8) is 0 Å². The average Bonchev–Trinajstić information content (AvgIpc) is 2.97. The second-order valence-electron chi connectivity index (χ2n) is 9.54. The zero-order valence-electron chi connectivity index (χ0n) is 23.0. The van der Waals surface area contributed by atoms with Crippen molar-refractivity contribution in [2.24, 2.45) is 0 Å². The molecule has 1 amide bonds. The maximum atomic E-state index is 13.6. The Balaban J connectivity index is 1.48. The Morgan fingerprint density at radius 1 is 0.902 bits per heavy atom. The van der Waals surface area contributed by atoms with E-state index in [9.17, 15) is 22.0 Å². The lowest BCUT2D eigenvalue weighted by Crippen LogP contribution is -2.31. The third-order valence-corrected chi connectivity index (χ3v) is 8.34.